The maximum absolute atomic E-state index is 5.81. The van der Waals surface area contributed by atoms with E-state index in [1.165, 1.54) is 44.9 Å². The minimum atomic E-state index is 0.119. The van der Waals surface area contributed by atoms with Crippen LogP contribution in [0.5, 0.6) is 5.75 Å². The fraction of sp³-hybridized carbons (Fsp3) is 0.600. The first-order chi connectivity index (χ1) is 17.2. The van der Waals surface area contributed by atoms with Crippen molar-refractivity contribution in [3.8, 4) is 29.0 Å². The van der Waals surface area contributed by atoms with Gasteiger partial charge >= 0.3 is 0 Å². The Morgan fingerprint density at radius 1 is 0.800 bits per heavy atom. The van der Waals surface area contributed by atoms with Gasteiger partial charge in [0.2, 0.25) is 0 Å². The monoisotopic (exact) mass is 480 g/mol. The number of aromatic nitrogens is 2. The molecule has 2 aromatic rings. The Morgan fingerprint density at radius 3 is 2.17 bits per heavy atom. The van der Waals surface area contributed by atoms with Crippen LogP contribution < -0.4 is 4.74 Å². The molecule has 1 aromatic carbocycles. The van der Waals surface area contributed by atoms with Gasteiger partial charge in [-0.25, -0.2) is 9.97 Å². The lowest BCUT2D eigenvalue weighted by molar-refractivity contribution is 0.0472. The Labute approximate surface area is 213 Å². The number of benzene rings is 1. The van der Waals surface area contributed by atoms with Crippen LogP contribution in [0.1, 0.15) is 90.5 Å². The maximum atomic E-state index is 5.81. The average molecular weight is 481 g/mol. The van der Waals surface area contributed by atoms with Gasteiger partial charge in [0.25, 0.3) is 0 Å². The van der Waals surface area contributed by atoms with E-state index in [9.17, 15) is 0 Å². The van der Waals surface area contributed by atoms with E-state index in [1.54, 1.807) is 12.4 Å². The number of ether oxygens (including phenoxy) is 3. The molecular formula is C30H44N2O3. The second kappa shape index (κ2) is 18.9. The molecule has 0 aliphatic rings. The third-order valence-electron chi connectivity index (χ3n) is 5.70. The first-order valence-corrected chi connectivity index (χ1v) is 13.5. The molecule has 0 spiro atoms. The summed E-state index contributed by atoms with van der Waals surface area (Å²) in [5.41, 5.74) is 1.94. The normalized spacial score (nSPS) is 11.6. The molecule has 0 radical (unpaired) electrons. The van der Waals surface area contributed by atoms with Gasteiger partial charge in [-0.3, -0.25) is 0 Å². The standard InChI is InChI=1S/C30H44N2O3/c1-4-6-7-8-9-10-11-12-22-35-29-24-31-30(32-25-29)28-19-17-27(18-20-28)16-13-15-26(3)34-23-14-21-33-5-2/h17-20,24-26H,4-12,14-15,21-23H2,1-3H3. The lowest BCUT2D eigenvalue weighted by atomic mass is 10.1. The highest BCUT2D eigenvalue weighted by Crippen LogP contribution is 2.17. The molecule has 192 valence electrons. The van der Waals surface area contributed by atoms with Gasteiger partial charge in [-0.2, -0.15) is 0 Å². The van der Waals surface area contributed by atoms with Crippen molar-refractivity contribution in [1.82, 2.24) is 9.97 Å². The highest BCUT2D eigenvalue weighted by Gasteiger charge is 2.03. The van der Waals surface area contributed by atoms with E-state index in [0.717, 1.165) is 49.5 Å². The number of rotatable bonds is 18. The van der Waals surface area contributed by atoms with Gasteiger partial charge in [0.15, 0.2) is 11.6 Å². The molecule has 0 saturated heterocycles. The summed E-state index contributed by atoms with van der Waals surface area (Å²) >= 11 is 0. The molecule has 0 aliphatic heterocycles. The number of hydrogen-bond donors (Lipinski definition) is 0. The highest BCUT2D eigenvalue weighted by molar-refractivity contribution is 5.56. The molecule has 0 aliphatic carbocycles. The van der Waals surface area contributed by atoms with Crippen LogP contribution in [-0.4, -0.2) is 42.5 Å². The Kier molecular flexibility index (Phi) is 15.5. The summed E-state index contributed by atoms with van der Waals surface area (Å²) in [6.45, 7) is 9.25. The Morgan fingerprint density at radius 2 is 1.49 bits per heavy atom. The fourth-order valence-corrected chi connectivity index (χ4v) is 3.61. The molecule has 1 aromatic heterocycles. The Balaban J connectivity index is 1.66. The van der Waals surface area contributed by atoms with E-state index < -0.39 is 0 Å². The van der Waals surface area contributed by atoms with Crippen LogP contribution in [0.2, 0.25) is 0 Å². The van der Waals surface area contributed by atoms with Crippen molar-refractivity contribution in [2.24, 2.45) is 0 Å². The number of nitrogens with zero attached hydrogens (tertiary/aromatic N) is 2. The predicted molar refractivity (Wildman–Crippen MR) is 144 cm³/mol. The average Bonchev–Trinajstić information content (AvgIpc) is 2.88. The number of hydrogen-bond acceptors (Lipinski definition) is 5. The zero-order valence-corrected chi connectivity index (χ0v) is 22.1. The molecule has 5 nitrogen and oxygen atoms in total. The summed E-state index contributed by atoms with van der Waals surface area (Å²) in [5, 5.41) is 0. The van der Waals surface area contributed by atoms with Crippen LogP contribution in [0.25, 0.3) is 11.4 Å². The molecule has 5 heteroatoms. The molecule has 1 heterocycles. The Bertz CT molecular complexity index is 841. The molecule has 1 unspecified atom stereocenters. The molecule has 0 N–H and O–H groups in total. The SMILES string of the molecule is CCCCCCCCCCOc1cnc(-c2ccc(C#CCC(C)OCCCOCC)cc2)nc1. The molecule has 0 amide bonds. The summed E-state index contributed by atoms with van der Waals surface area (Å²) in [4.78, 5) is 8.94. The van der Waals surface area contributed by atoms with Gasteiger partial charge < -0.3 is 14.2 Å². The summed E-state index contributed by atoms with van der Waals surface area (Å²) in [5.74, 6) is 7.84. The van der Waals surface area contributed by atoms with E-state index >= 15 is 0 Å². The summed E-state index contributed by atoms with van der Waals surface area (Å²) < 4.78 is 16.9. The highest BCUT2D eigenvalue weighted by atomic mass is 16.5. The molecular weight excluding hydrogens is 436 g/mol. The van der Waals surface area contributed by atoms with E-state index in [4.69, 9.17) is 14.2 Å². The number of unbranched alkanes of at least 4 members (excludes halogenated alkanes) is 7. The predicted octanol–water partition coefficient (Wildman–Crippen LogP) is 7.24. The van der Waals surface area contributed by atoms with E-state index in [-0.39, 0.29) is 6.10 Å². The van der Waals surface area contributed by atoms with Gasteiger partial charge in [-0.1, -0.05) is 63.7 Å². The van der Waals surface area contributed by atoms with Crippen molar-refractivity contribution >= 4 is 0 Å². The first kappa shape index (κ1) is 28.8. The largest absolute Gasteiger partial charge is 0.490 e. The van der Waals surface area contributed by atoms with E-state index in [2.05, 4.69) is 35.7 Å². The van der Waals surface area contributed by atoms with Gasteiger partial charge in [-0.15, -0.1) is 0 Å². The summed E-state index contributed by atoms with van der Waals surface area (Å²) in [6.07, 6.45) is 15.6. The molecule has 35 heavy (non-hydrogen) atoms. The third kappa shape index (κ3) is 13.3. The lowest BCUT2D eigenvalue weighted by Gasteiger charge is -2.09. The second-order valence-corrected chi connectivity index (χ2v) is 8.88. The maximum Gasteiger partial charge on any atom is 0.159 e. The van der Waals surface area contributed by atoms with Crippen LogP contribution in [0.3, 0.4) is 0 Å². The smallest absolute Gasteiger partial charge is 0.159 e. The lowest BCUT2D eigenvalue weighted by Crippen LogP contribution is -2.10. The molecule has 1 atom stereocenters. The second-order valence-electron chi connectivity index (χ2n) is 8.88. The van der Waals surface area contributed by atoms with Gasteiger partial charge in [-0.05, 0) is 51.0 Å². The fourth-order valence-electron chi connectivity index (χ4n) is 3.61. The van der Waals surface area contributed by atoms with Crippen molar-refractivity contribution in [1.29, 1.82) is 0 Å². The quantitative estimate of drug-likeness (QED) is 0.166. The van der Waals surface area contributed by atoms with Crippen molar-refractivity contribution in [2.75, 3.05) is 26.4 Å². The van der Waals surface area contributed by atoms with Crippen molar-refractivity contribution in [3.05, 3.63) is 42.2 Å². The van der Waals surface area contributed by atoms with Crippen molar-refractivity contribution in [3.63, 3.8) is 0 Å². The van der Waals surface area contributed by atoms with Crippen LogP contribution >= 0.6 is 0 Å². The minimum Gasteiger partial charge on any atom is -0.490 e. The van der Waals surface area contributed by atoms with E-state index in [0.29, 0.717) is 18.9 Å². The van der Waals surface area contributed by atoms with Crippen molar-refractivity contribution in [2.45, 2.75) is 91.1 Å². The third-order valence-corrected chi connectivity index (χ3v) is 5.70. The van der Waals surface area contributed by atoms with Crippen LogP contribution in [0, 0.1) is 11.8 Å². The summed E-state index contributed by atoms with van der Waals surface area (Å²) in [7, 11) is 0. The molecule has 2 rings (SSSR count). The van der Waals surface area contributed by atoms with Crippen LogP contribution in [0.4, 0.5) is 0 Å². The van der Waals surface area contributed by atoms with Crippen LogP contribution in [-0.2, 0) is 9.47 Å². The molecule has 0 bridgehead atoms. The topological polar surface area (TPSA) is 53.5 Å². The van der Waals surface area contributed by atoms with Gasteiger partial charge in [0.1, 0.15) is 0 Å². The van der Waals surface area contributed by atoms with Gasteiger partial charge in [0.05, 0.1) is 25.1 Å². The van der Waals surface area contributed by atoms with Crippen LogP contribution in [0.15, 0.2) is 36.7 Å². The zero-order chi connectivity index (χ0) is 25.0. The first-order valence-electron chi connectivity index (χ1n) is 13.5. The Hall–Kier alpha value is -2.42. The molecule has 0 fully saturated rings. The van der Waals surface area contributed by atoms with Gasteiger partial charge in [0, 0.05) is 37.4 Å². The molecule has 0 saturated carbocycles. The minimum absolute atomic E-state index is 0.119. The zero-order valence-electron chi connectivity index (χ0n) is 22.1. The van der Waals surface area contributed by atoms with E-state index in [1.807, 2.05) is 31.2 Å². The summed E-state index contributed by atoms with van der Waals surface area (Å²) in [6, 6.07) is 8.03. The van der Waals surface area contributed by atoms with Crippen molar-refractivity contribution < 1.29 is 14.2 Å².